The van der Waals surface area contributed by atoms with E-state index in [-0.39, 0.29) is 9.23 Å². The van der Waals surface area contributed by atoms with E-state index < -0.39 is 31.1 Å². The Morgan fingerprint density at radius 3 is 2.09 bits per heavy atom. The fourth-order valence-corrected chi connectivity index (χ4v) is 3.71. The van der Waals surface area contributed by atoms with Crippen LogP contribution in [-0.4, -0.2) is 56.8 Å². The van der Waals surface area contributed by atoms with Crippen molar-refractivity contribution in [3.63, 3.8) is 0 Å². The van der Waals surface area contributed by atoms with Crippen LogP contribution in [0.15, 0.2) is 58.5 Å². The van der Waals surface area contributed by atoms with Crippen LogP contribution in [0.4, 0.5) is 0 Å². The smallest absolute Gasteiger partial charge is 0.341 e. The molecule has 0 spiro atoms. The van der Waals surface area contributed by atoms with Crippen LogP contribution in [0.3, 0.4) is 0 Å². The van der Waals surface area contributed by atoms with Crippen LogP contribution in [0.25, 0.3) is 6.08 Å². The molecule has 32 heavy (non-hydrogen) atoms. The monoisotopic (exact) mass is 472 g/mol. The topological polar surface area (TPSA) is 126 Å². The molecule has 2 aromatic rings. The number of thioether (sulfide) groups is 1. The zero-order valence-corrected chi connectivity index (χ0v) is 18.0. The Labute approximate surface area is 191 Å². The van der Waals surface area contributed by atoms with E-state index in [0.29, 0.717) is 22.6 Å². The molecule has 0 saturated carbocycles. The van der Waals surface area contributed by atoms with Gasteiger partial charge in [0.1, 0.15) is 11.5 Å². The number of carbonyl (C=O) groups is 3. The number of thiocarbonyl (C=S) groups is 1. The van der Waals surface area contributed by atoms with Gasteiger partial charge in [-0.15, -0.1) is 0 Å². The molecular weight excluding hydrogens is 456 g/mol. The van der Waals surface area contributed by atoms with Crippen LogP contribution in [0.5, 0.6) is 11.5 Å². The maximum absolute atomic E-state index is 12.8. The lowest BCUT2D eigenvalue weighted by Crippen LogP contribution is -2.22. The fourth-order valence-electron chi connectivity index (χ4n) is 2.55. The molecule has 0 bridgehead atoms. The number of hydrogen-bond acceptors (Lipinski definition) is 8. The van der Waals surface area contributed by atoms with E-state index >= 15 is 0 Å². The Kier molecular flexibility index (Phi) is 7.58. The Balaban J connectivity index is 1.79. The Hall–Kier alpha value is -3.70. The highest BCUT2D eigenvalue weighted by molar-refractivity contribution is 8.26. The van der Waals surface area contributed by atoms with Crippen LogP contribution in [0, 0.1) is 0 Å². The number of amides is 1. The highest BCUT2D eigenvalue weighted by atomic mass is 32.2. The number of carboxylic acid groups (broad SMARTS) is 2. The highest BCUT2D eigenvalue weighted by Gasteiger charge is 2.32. The molecule has 1 fully saturated rings. The van der Waals surface area contributed by atoms with Gasteiger partial charge in [-0.2, -0.15) is 10.1 Å². The second-order valence-corrected chi connectivity index (χ2v) is 7.85. The average molecular weight is 473 g/mol. The minimum atomic E-state index is -1.12. The summed E-state index contributed by atoms with van der Waals surface area (Å²) in [5, 5.41) is 22.8. The van der Waals surface area contributed by atoms with Crippen LogP contribution in [-0.2, 0) is 14.4 Å². The van der Waals surface area contributed by atoms with E-state index in [1.807, 2.05) is 0 Å². The van der Waals surface area contributed by atoms with E-state index in [9.17, 15) is 14.4 Å². The Bertz CT molecular complexity index is 1130. The van der Waals surface area contributed by atoms with Crippen LogP contribution < -0.4 is 9.47 Å². The minimum absolute atomic E-state index is 0.199. The molecule has 3 rings (SSSR count). The number of para-hydroxylation sites is 2. The van der Waals surface area contributed by atoms with Gasteiger partial charge >= 0.3 is 11.9 Å². The van der Waals surface area contributed by atoms with Crippen molar-refractivity contribution < 1.29 is 34.1 Å². The number of aliphatic carboxylic acids is 2. The summed E-state index contributed by atoms with van der Waals surface area (Å²) >= 11 is 6.30. The molecule has 1 aliphatic heterocycles. The van der Waals surface area contributed by atoms with Gasteiger partial charge in [-0.05, 0) is 36.5 Å². The van der Waals surface area contributed by atoms with Gasteiger partial charge in [0.2, 0.25) is 0 Å². The third kappa shape index (κ3) is 5.93. The second-order valence-electron chi connectivity index (χ2n) is 6.18. The van der Waals surface area contributed by atoms with Crippen LogP contribution in [0.1, 0.15) is 11.1 Å². The number of hydrogen-bond donors (Lipinski definition) is 2. The molecule has 0 atom stereocenters. The lowest BCUT2D eigenvalue weighted by atomic mass is 10.2. The zero-order chi connectivity index (χ0) is 23.1. The van der Waals surface area contributed by atoms with Crippen molar-refractivity contribution in [2.75, 3.05) is 13.2 Å². The predicted molar refractivity (Wildman–Crippen MR) is 122 cm³/mol. The lowest BCUT2D eigenvalue weighted by molar-refractivity contribution is -0.140. The van der Waals surface area contributed by atoms with Gasteiger partial charge in [0.25, 0.3) is 5.91 Å². The molecule has 1 saturated heterocycles. The maximum Gasteiger partial charge on any atom is 0.341 e. The number of rotatable bonds is 9. The van der Waals surface area contributed by atoms with Gasteiger partial charge in [0.05, 0.1) is 11.1 Å². The first-order valence-corrected chi connectivity index (χ1v) is 10.3. The lowest BCUT2D eigenvalue weighted by Gasteiger charge is -2.09. The first-order valence-electron chi connectivity index (χ1n) is 9.04. The summed E-state index contributed by atoms with van der Waals surface area (Å²) in [5.41, 5.74) is 0.991. The molecule has 0 aliphatic carbocycles. The first kappa shape index (κ1) is 23.0. The summed E-state index contributed by atoms with van der Waals surface area (Å²) in [5.74, 6) is -2.09. The van der Waals surface area contributed by atoms with E-state index in [4.69, 9.17) is 31.9 Å². The van der Waals surface area contributed by atoms with Gasteiger partial charge in [-0.25, -0.2) is 9.59 Å². The van der Waals surface area contributed by atoms with Crippen LogP contribution >= 0.6 is 24.0 Å². The van der Waals surface area contributed by atoms with Crippen molar-refractivity contribution in [2.45, 2.75) is 0 Å². The van der Waals surface area contributed by atoms with Crippen molar-refractivity contribution in [1.29, 1.82) is 0 Å². The highest BCUT2D eigenvalue weighted by Crippen LogP contribution is 2.34. The number of nitrogens with zero attached hydrogens (tertiary/aromatic N) is 2. The van der Waals surface area contributed by atoms with Crippen molar-refractivity contribution >= 4 is 58.4 Å². The third-order valence-corrected chi connectivity index (χ3v) is 5.20. The largest absolute Gasteiger partial charge is 0.481 e. The van der Waals surface area contributed by atoms with Crippen LogP contribution in [0.2, 0.25) is 0 Å². The van der Waals surface area contributed by atoms with Crippen molar-refractivity contribution in [2.24, 2.45) is 5.10 Å². The van der Waals surface area contributed by atoms with E-state index in [1.54, 1.807) is 54.6 Å². The molecule has 2 aromatic carbocycles. The SMILES string of the molecule is O=C(O)COc1ccccc1C=NN1C(=O)C(=Cc2ccccc2OCC(=O)O)SC1=S. The van der Waals surface area contributed by atoms with Gasteiger partial charge < -0.3 is 19.7 Å². The molecular formula is C21H16N2O7S2. The number of hydrazone groups is 1. The molecule has 0 unspecified atom stereocenters. The molecule has 0 radical (unpaired) electrons. The summed E-state index contributed by atoms with van der Waals surface area (Å²) in [6.45, 7) is -1.03. The van der Waals surface area contributed by atoms with Gasteiger partial charge in [0, 0.05) is 11.1 Å². The molecule has 164 valence electrons. The minimum Gasteiger partial charge on any atom is -0.481 e. The molecule has 1 amide bonds. The molecule has 2 N–H and O–H groups in total. The maximum atomic E-state index is 12.8. The van der Waals surface area contributed by atoms with E-state index in [0.717, 1.165) is 16.8 Å². The summed E-state index contributed by atoms with van der Waals surface area (Å²) in [4.78, 5) is 34.6. The Morgan fingerprint density at radius 2 is 1.50 bits per heavy atom. The predicted octanol–water partition coefficient (Wildman–Crippen LogP) is 2.85. The molecule has 1 heterocycles. The van der Waals surface area contributed by atoms with Crippen molar-refractivity contribution in [3.05, 3.63) is 64.6 Å². The number of ether oxygens (including phenoxy) is 2. The van der Waals surface area contributed by atoms with E-state index in [1.165, 1.54) is 6.21 Å². The quantitative estimate of drug-likeness (QED) is 0.322. The average Bonchev–Trinajstić information content (AvgIpc) is 3.03. The molecule has 1 aliphatic rings. The van der Waals surface area contributed by atoms with E-state index in [2.05, 4.69) is 5.10 Å². The number of carboxylic acids is 2. The van der Waals surface area contributed by atoms with Gasteiger partial charge in [0.15, 0.2) is 17.5 Å². The Morgan fingerprint density at radius 1 is 0.969 bits per heavy atom. The third-order valence-electron chi connectivity index (χ3n) is 3.91. The van der Waals surface area contributed by atoms with Gasteiger partial charge in [-0.3, -0.25) is 4.79 Å². The van der Waals surface area contributed by atoms with Crippen molar-refractivity contribution in [3.8, 4) is 11.5 Å². The molecule has 0 aromatic heterocycles. The van der Waals surface area contributed by atoms with Crippen molar-refractivity contribution in [1.82, 2.24) is 5.01 Å². The standard InChI is InChI=1S/C21H16N2O7S2/c24-18(25)11-29-15-7-3-1-5-13(15)9-17-20(28)23(21(31)32-17)22-10-14-6-2-4-8-16(14)30-12-19(26)27/h1-10H,11-12H2,(H,24,25)(H,26,27). The van der Waals surface area contributed by atoms with Gasteiger partial charge in [-0.1, -0.05) is 42.1 Å². The first-order chi connectivity index (χ1) is 15.3. The summed E-state index contributed by atoms with van der Waals surface area (Å²) < 4.78 is 10.7. The fraction of sp³-hybridized carbons (Fsp3) is 0.0952. The summed E-state index contributed by atoms with van der Waals surface area (Å²) in [6, 6.07) is 13.3. The molecule has 11 heteroatoms. The summed E-state index contributed by atoms with van der Waals surface area (Å²) in [7, 11) is 0. The molecule has 9 nitrogen and oxygen atoms in total. The zero-order valence-electron chi connectivity index (χ0n) is 16.3. The summed E-state index contributed by atoms with van der Waals surface area (Å²) in [6.07, 6.45) is 2.91. The number of carbonyl (C=O) groups excluding carboxylic acids is 1. The second kappa shape index (κ2) is 10.6. The number of benzene rings is 2. The normalized spacial score (nSPS) is 14.9.